The van der Waals surface area contributed by atoms with Gasteiger partial charge >= 0.3 is 0 Å². The molecule has 0 saturated carbocycles. The van der Waals surface area contributed by atoms with Gasteiger partial charge < -0.3 is 19.4 Å². The lowest BCUT2D eigenvalue weighted by molar-refractivity contribution is 0.332. The van der Waals surface area contributed by atoms with Gasteiger partial charge in [-0.15, -0.1) is 11.3 Å². The third kappa shape index (κ3) is 5.48. The molecule has 8 aromatic carbocycles. The molecule has 2 bridgehead atoms. The summed E-state index contributed by atoms with van der Waals surface area (Å²) in [5.74, 6) is 0.539. The molecule has 0 unspecified atom stereocenters. The lowest BCUT2D eigenvalue weighted by Gasteiger charge is -2.44. The van der Waals surface area contributed by atoms with Crippen LogP contribution < -0.4 is 35.1 Å². The number of hydrogen-bond acceptors (Lipinski definition) is 5. The van der Waals surface area contributed by atoms with Crippen molar-refractivity contribution in [1.29, 1.82) is 0 Å². The van der Waals surface area contributed by atoms with Crippen molar-refractivity contribution in [2.45, 2.75) is 51.4 Å². The lowest BCUT2D eigenvalue weighted by Crippen LogP contribution is -2.60. The second-order valence-corrected chi connectivity index (χ2v) is 18.9. The molecule has 3 aliphatic heterocycles. The highest BCUT2D eigenvalue weighted by atomic mass is 32.1. The van der Waals surface area contributed by atoms with Gasteiger partial charge in [0.2, 0.25) is 0 Å². The van der Waals surface area contributed by atoms with E-state index in [9.17, 15) is 12.3 Å². The predicted molar refractivity (Wildman–Crippen MR) is 271 cm³/mol. The topological polar surface area (TPSA) is 19.0 Å². The van der Waals surface area contributed by atoms with Crippen LogP contribution in [0.5, 0.6) is 11.5 Å². The van der Waals surface area contributed by atoms with Crippen LogP contribution in [0.1, 0.15) is 75.0 Å². The molecule has 0 saturated heterocycles. The van der Waals surface area contributed by atoms with E-state index < -0.39 is 96.1 Å². The van der Waals surface area contributed by atoms with Crippen LogP contribution in [0.25, 0.3) is 21.2 Å². The second-order valence-electron chi connectivity index (χ2n) is 17.9. The van der Waals surface area contributed by atoms with E-state index in [1.807, 2.05) is 62.9 Å². The summed E-state index contributed by atoms with van der Waals surface area (Å²) in [4.78, 5) is 4.95. The van der Waals surface area contributed by atoms with Crippen LogP contribution in [0.15, 0.2) is 182 Å². The molecule has 0 amide bonds. The second kappa shape index (κ2) is 13.7. The monoisotopic (exact) mass is 860 g/mol. The molecule has 13 rings (SSSR count). The fourth-order valence-electron chi connectivity index (χ4n) is 10.1. The number of benzene rings is 8. The summed E-state index contributed by atoms with van der Waals surface area (Å²) in [6.07, 6.45) is 1.39. The average Bonchev–Trinajstić information content (AvgIpc) is 3.33. The molecule has 0 atom stereocenters. The third-order valence-electron chi connectivity index (χ3n) is 13.2. The first-order valence-electron chi connectivity index (χ1n) is 29.7. The van der Waals surface area contributed by atoms with Crippen LogP contribution in [0, 0.1) is 0 Å². The Kier molecular flexibility index (Phi) is 5.19. The minimum atomic E-state index is -0.904. The number of ether oxygens (including phenoxy) is 1. The van der Waals surface area contributed by atoms with Crippen molar-refractivity contribution >= 4 is 95.0 Å². The Morgan fingerprint density at radius 3 is 1.88 bits per heavy atom. The Morgan fingerprint density at radius 1 is 0.547 bits per heavy atom. The van der Waals surface area contributed by atoms with Crippen molar-refractivity contribution in [3.8, 4) is 22.6 Å². The van der Waals surface area contributed by atoms with E-state index in [1.165, 1.54) is 4.90 Å². The zero-order chi connectivity index (χ0) is 57.7. The van der Waals surface area contributed by atoms with Gasteiger partial charge in [0.25, 0.3) is 6.71 Å². The van der Waals surface area contributed by atoms with Gasteiger partial charge in [0, 0.05) is 49.0 Å². The fourth-order valence-corrected chi connectivity index (χ4v) is 11.3. The van der Waals surface area contributed by atoms with E-state index in [0.717, 1.165) is 11.3 Å². The number of rotatable bonds is 3. The van der Waals surface area contributed by atoms with Gasteiger partial charge in [0.15, 0.2) is 11.5 Å². The molecule has 64 heavy (non-hydrogen) atoms. The van der Waals surface area contributed by atoms with Gasteiger partial charge in [0.05, 0.1) is 40.4 Å². The zero-order valence-corrected chi connectivity index (χ0v) is 36.0. The molecule has 4 nitrogen and oxygen atoms in total. The van der Waals surface area contributed by atoms with Gasteiger partial charge in [-0.25, -0.2) is 0 Å². The summed E-state index contributed by atoms with van der Waals surface area (Å²) in [6.45, 7) is 7.19. The minimum Gasteiger partial charge on any atom is -0.453 e. The van der Waals surface area contributed by atoms with Crippen molar-refractivity contribution in [3.63, 3.8) is 0 Å². The molecule has 9 aromatic rings. The minimum absolute atomic E-state index is 0.0162. The largest absolute Gasteiger partial charge is 0.453 e. The van der Waals surface area contributed by atoms with Gasteiger partial charge in [-0.3, -0.25) is 0 Å². The van der Waals surface area contributed by atoms with E-state index in [1.54, 1.807) is 53.4 Å². The highest BCUT2D eigenvalue weighted by molar-refractivity contribution is 7.33. The third-order valence-corrected chi connectivity index (χ3v) is 14.4. The van der Waals surface area contributed by atoms with Crippen LogP contribution >= 0.6 is 11.3 Å². The lowest BCUT2D eigenvalue weighted by atomic mass is 9.36. The number of anilines is 9. The molecule has 6 heteroatoms. The van der Waals surface area contributed by atoms with E-state index in [0.29, 0.717) is 73.9 Å². The smallest absolute Gasteiger partial charge is 0.264 e. The number of para-hydroxylation sites is 6. The summed E-state index contributed by atoms with van der Waals surface area (Å²) in [6, 6.07) is 15.0. The molecule has 4 aliphatic rings. The van der Waals surface area contributed by atoms with Crippen molar-refractivity contribution in [1.82, 2.24) is 0 Å². The molecule has 0 spiro atoms. The summed E-state index contributed by atoms with van der Waals surface area (Å²) in [5.41, 5.74) is 3.25. The highest BCUT2D eigenvalue weighted by Crippen LogP contribution is 2.54. The van der Waals surface area contributed by atoms with Crippen LogP contribution in [-0.4, -0.2) is 6.71 Å². The molecule has 0 N–H and O–H groups in total. The Hall–Kier alpha value is -7.02. The van der Waals surface area contributed by atoms with Gasteiger partial charge in [-0.2, -0.15) is 0 Å². The summed E-state index contributed by atoms with van der Waals surface area (Å²) < 4.78 is 165. The summed E-state index contributed by atoms with van der Waals surface area (Å²) >= 11 is 1.08. The maximum atomic E-state index is 10.3. The van der Waals surface area contributed by atoms with Gasteiger partial charge in [-0.05, 0) is 136 Å². The van der Waals surface area contributed by atoms with E-state index in [-0.39, 0.29) is 73.9 Å². The fraction of sp³-hybridized carbons (Fsp3) is 0.138. The molecule has 1 aliphatic carbocycles. The van der Waals surface area contributed by atoms with Crippen LogP contribution in [-0.2, 0) is 10.8 Å². The number of hydrogen-bond donors (Lipinski definition) is 0. The first kappa shape index (κ1) is 24.2. The zero-order valence-electron chi connectivity index (χ0n) is 52.2. The van der Waals surface area contributed by atoms with Gasteiger partial charge in [-0.1, -0.05) is 131 Å². The molecule has 1 aromatic heterocycles. The normalized spacial score (nSPS) is 19.7. The molecule has 0 radical (unpaired) electrons. The highest BCUT2D eigenvalue weighted by Gasteiger charge is 2.46. The van der Waals surface area contributed by atoms with Crippen molar-refractivity contribution in [2.24, 2.45) is 0 Å². The van der Waals surface area contributed by atoms with Crippen molar-refractivity contribution < 1.29 is 28.0 Å². The molecule has 0 fully saturated rings. The average molecular weight is 861 g/mol. The van der Waals surface area contributed by atoms with Gasteiger partial charge in [0.1, 0.15) is 0 Å². The predicted octanol–water partition coefficient (Wildman–Crippen LogP) is 14.6. The Bertz CT molecular complexity index is 4320. The molecular formula is C58H46BN3OS. The first-order chi connectivity index (χ1) is 38.3. The number of fused-ring (bicyclic) bond motifs is 11. The van der Waals surface area contributed by atoms with E-state index in [2.05, 4.69) is 0 Å². The van der Waals surface area contributed by atoms with Crippen molar-refractivity contribution in [3.05, 3.63) is 193 Å². The Balaban J connectivity index is 1.24. The standard InChI is InChI=1S/C58H46BN3OS/c1-57(2)31-32-58(3,4)44-33-37(27-29-43(44)57)38-34-49-54-50(35-38)62-47-23-13-15-25-52(47)63-51-24-14-12-22-46(51)60(39-17-7-5-8-18-39)41-28-30-45(48(62)36-41)59(54)56-55(42-21-11-16-26-53(42)64-56)61(49)40-19-9-6-10-20-40/h5-30,33-36H,31-32H2,1-4H3/i5D,6D,7D,8D,9D,10D,11D,16D,17D,18D,19D,20D,21D,26D,27D,29D,33D. The van der Waals surface area contributed by atoms with Crippen LogP contribution in [0.3, 0.4) is 0 Å². The SMILES string of the molecule is [2H]c1c([2H])c([2H])c(N2c3ccc4c(c3)N(c3ccccc3Oc3ccccc32)c2cc(-c3c([2H])c([2H])c5c(c3[2H])C(C)(C)CCC5(C)C)cc3c2B4c2sc4c([2H])c([2H])c([2H])c([2H])c4c2N3c2c([2H])c([2H])c([2H])c([2H])c2[2H])c([2H])c1[2H]. The first-order valence-corrected chi connectivity index (χ1v) is 22.0. The van der Waals surface area contributed by atoms with Crippen LogP contribution in [0.4, 0.5) is 51.2 Å². The number of thiophene rings is 1. The maximum Gasteiger partial charge on any atom is 0.264 e. The quantitative estimate of drug-likeness (QED) is 0.165. The molecule has 4 heterocycles. The molecular weight excluding hydrogens is 798 g/mol. The Labute approximate surface area is 403 Å². The van der Waals surface area contributed by atoms with Crippen LogP contribution in [0.2, 0.25) is 0 Å². The maximum absolute atomic E-state index is 10.3. The Morgan fingerprint density at radius 2 is 1.16 bits per heavy atom. The van der Waals surface area contributed by atoms with E-state index in [4.69, 9.17) is 15.7 Å². The number of nitrogens with zero attached hydrogens (tertiary/aromatic N) is 3. The van der Waals surface area contributed by atoms with E-state index >= 15 is 0 Å². The summed E-state index contributed by atoms with van der Waals surface area (Å²) in [5, 5.41) is 0.0247. The van der Waals surface area contributed by atoms with Crippen molar-refractivity contribution in [2.75, 3.05) is 14.7 Å². The molecule has 308 valence electrons. The summed E-state index contributed by atoms with van der Waals surface area (Å²) in [7, 11) is 0.